The van der Waals surface area contributed by atoms with Crippen molar-refractivity contribution in [2.75, 3.05) is 13.1 Å². The van der Waals surface area contributed by atoms with Crippen LogP contribution < -0.4 is 0 Å². The molecule has 1 aromatic heterocycles. The molecular weight excluding hydrogens is 435 g/mol. The Kier molecular flexibility index (Phi) is 7.05. The predicted molar refractivity (Wildman–Crippen MR) is 122 cm³/mol. The van der Waals surface area contributed by atoms with E-state index in [2.05, 4.69) is 15.1 Å². The van der Waals surface area contributed by atoms with E-state index in [1.165, 1.54) is 43.2 Å². The second-order valence-corrected chi connectivity index (χ2v) is 9.42. The van der Waals surface area contributed by atoms with Crippen molar-refractivity contribution in [1.82, 2.24) is 19.7 Å². The molecule has 2 heterocycles. The Morgan fingerprint density at radius 1 is 1.06 bits per heavy atom. The Balaban J connectivity index is 1.60. The van der Waals surface area contributed by atoms with Gasteiger partial charge in [0.15, 0.2) is 16.8 Å². The number of Topliss-reactive ketones (excluding diaryl/α,β-unsaturated/α-hetero) is 1. The first-order chi connectivity index (χ1) is 15.0. The van der Waals surface area contributed by atoms with Gasteiger partial charge in [-0.25, -0.2) is 4.39 Å². The number of aromatic nitrogens is 3. The van der Waals surface area contributed by atoms with Crippen LogP contribution in [0.15, 0.2) is 53.7 Å². The lowest BCUT2D eigenvalue weighted by Crippen LogP contribution is -2.30. The first-order valence-corrected chi connectivity index (χ1v) is 11.7. The second-order valence-electron chi connectivity index (χ2n) is 7.68. The number of thioether (sulfide) groups is 1. The van der Waals surface area contributed by atoms with Gasteiger partial charge in [-0.3, -0.25) is 14.3 Å². The quantitative estimate of drug-likeness (QED) is 0.350. The highest BCUT2D eigenvalue weighted by Gasteiger charge is 2.23. The van der Waals surface area contributed by atoms with E-state index in [0.29, 0.717) is 22.3 Å². The number of likely N-dealkylation sites (tertiary alicyclic amines) is 1. The number of ketones is 1. The number of rotatable bonds is 7. The first kappa shape index (κ1) is 22.0. The summed E-state index contributed by atoms with van der Waals surface area (Å²) in [4.78, 5) is 15.3. The van der Waals surface area contributed by atoms with Crippen molar-refractivity contribution in [3.05, 3.63) is 70.8 Å². The van der Waals surface area contributed by atoms with E-state index in [0.717, 1.165) is 24.6 Å². The van der Waals surface area contributed by atoms with Crippen LogP contribution in [0.2, 0.25) is 5.02 Å². The van der Waals surface area contributed by atoms with Crippen molar-refractivity contribution < 1.29 is 9.18 Å². The molecule has 8 heteroatoms. The molecule has 162 valence electrons. The van der Waals surface area contributed by atoms with Gasteiger partial charge < -0.3 is 0 Å². The molecule has 0 bridgehead atoms. The highest BCUT2D eigenvalue weighted by molar-refractivity contribution is 8.00. The van der Waals surface area contributed by atoms with Gasteiger partial charge >= 0.3 is 0 Å². The minimum Gasteiger partial charge on any atom is -0.296 e. The summed E-state index contributed by atoms with van der Waals surface area (Å²) >= 11 is 7.29. The monoisotopic (exact) mass is 458 g/mol. The fourth-order valence-corrected chi connectivity index (χ4v) is 4.80. The Hall–Kier alpha value is -2.22. The van der Waals surface area contributed by atoms with Gasteiger partial charge in [-0.05, 0) is 81.4 Å². The number of benzene rings is 2. The maximum Gasteiger partial charge on any atom is 0.196 e. The van der Waals surface area contributed by atoms with Crippen molar-refractivity contribution in [1.29, 1.82) is 0 Å². The van der Waals surface area contributed by atoms with Crippen LogP contribution in [0.25, 0.3) is 5.69 Å². The molecule has 4 rings (SSSR count). The number of carbonyl (C=O) groups excluding carboxylic acids is 1. The van der Waals surface area contributed by atoms with E-state index in [-0.39, 0.29) is 16.9 Å². The van der Waals surface area contributed by atoms with Crippen LogP contribution >= 0.6 is 23.4 Å². The van der Waals surface area contributed by atoms with Gasteiger partial charge in [-0.1, -0.05) is 29.8 Å². The molecule has 0 spiro atoms. The molecule has 2 aromatic carbocycles. The lowest BCUT2D eigenvalue weighted by Gasteiger charge is -2.26. The molecule has 1 saturated heterocycles. The minimum absolute atomic E-state index is 0.00657. The zero-order valence-corrected chi connectivity index (χ0v) is 18.9. The summed E-state index contributed by atoms with van der Waals surface area (Å²) in [6.45, 7) is 4.59. The smallest absolute Gasteiger partial charge is 0.196 e. The van der Waals surface area contributed by atoms with Gasteiger partial charge in [0.25, 0.3) is 0 Å². The highest BCUT2D eigenvalue weighted by atomic mass is 35.5. The SMILES string of the molecule is C[C@H](Sc1nnc(CN2CCCCC2)n1-c1ccc(F)cc1)C(=O)c1ccc(Cl)cc1. The van der Waals surface area contributed by atoms with Crippen LogP contribution in [0.5, 0.6) is 0 Å². The third-order valence-electron chi connectivity index (χ3n) is 5.38. The third-order valence-corrected chi connectivity index (χ3v) is 6.67. The number of halogens is 2. The molecule has 1 aliphatic heterocycles. The average Bonchev–Trinajstić information content (AvgIpc) is 3.17. The summed E-state index contributed by atoms with van der Waals surface area (Å²) in [5.74, 6) is 0.491. The fraction of sp³-hybridized carbons (Fsp3) is 0.348. The van der Waals surface area contributed by atoms with Crippen LogP contribution in [0.1, 0.15) is 42.4 Å². The Bertz CT molecular complexity index is 1030. The zero-order valence-electron chi connectivity index (χ0n) is 17.3. The number of hydrogen-bond donors (Lipinski definition) is 0. The van der Waals surface area contributed by atoms with Gasteiger partial charge in [0.05, 0.1) is 11.8 Å². The topological polar surface area (TPSA) is 51.0 Å². The number of nitrogens with zero attached hydrogens (tertiary/aromatic N) is 4. The maximum atomic E-state index is 13.5. The molecule has 0 amide bonds. The maximum absolute atomic E-state index is 13.5. The summed E-state index contributed by atoms with van der Waals surface area (Å²) in [7, 11) is 0. The largest absolute Gasteiger partial charge is 0.296 e. The van der Waals surface area contributed by atoms with E-state index in [9.17, 15) is 9.18 Å². The van der Waals surface area contributed by atoms with Crippen molar-refractivity contribution in [3.8, 4) is 5.69 Å². The predicted octanol–water partition coefficient (Wildman–Crippen LogP) is 5.41. The molecule has 1 aliphatic rings. The van der Waals surface area contributed by atoms with Crippen LogP contribution in [0.3, 0.4) is 0 Å². The third kappa shape index (κ3) is 5.34. The lowest BCUT2D eigenvalue weighted by atomic mass is 10.1. The van der Waals surface area contributed by atoms with E-state index < -0.39 is 0 Å². The molecule has 5 nitrogen and oxygen atoms in total. The highest BCUT2D eigenvalue weighted by Crippen LogP contribution is 2.29. The van der Waals surface area contributed by atoms with Crippen molar-refractivity contribution in [2.24, 2.45) is 0 Å². The van der Waals surface area contributed by atoms with Crippen molar-refractivity contribution >= 4 is 29.1 Å². The minimum atomic E-state index is -0.368. The second kappa shape index (κ2) is 9.94. The van der Waals surface area contributed by atoms with Gasteiger partial charge in [-0.15, -0.1) is 10.2 Å². The normalized spacial score (nSPS) is 15.7. The average molecular weight is 459 g/mol. The van der Waals surface area contributed by atoms with Crippen molar-refractivity contribution in [2.45, 2.75) is 43.1 Å². The number of hydrogen-bond acceptors (Lipinski definition) is 5. The summed E-state index contributed by atoms with van der Waals surface area (Å²) in [5, 5.41) is 9.67. The molecule has 0 radical (unpaired) electrons. The molecule has 3 aromatic rings. The molecule has 0 saturated carbocycles. The first-order valence-electron chi connectivity index (χ1n) is 10.4. The molecule has 0 aliphatic carbocycles. The Morgan fingerprint density at radius 3 is 2.42 bits per heavy atom. The van der Waals surface area contributed by atoms with E-state index in [1.54, 1.807) is 36.4 Å². The molecule has 1 fully saturated rings. The lowest BCUT2D eigenvalue weighted by molar-refractivity contribution is 0.0994. The summed E-state index contributed by atoms with van der Waals surface area (Å²) in [6, 6.07) is 13.2. The van der Waals surface area contributed by atoms with Gasteiger partial charge in [-0.2, -0.15) is 0 Å². The fourth-order valence-electron chi connectivity index (χ4n) is 3.71. The number of piperidine rings is 1. The van der Waals surface area contributed by atoms with E-state index in [1.807, 2.05) is 11.5 Å². The summed E-state index contributed by atoms with van der Waals surface area (Å²) in [6.07, 6.45) is 3.62. The summed E-state index contributed by atoms with van der Waals surface area (Å²) < 4.78 is 15.5. The Morgan fingerprint density at radius 2 is 1.74 bits per heavy atom. The van der Waals surface area contributed by atoms with Crippen LogP contribution in [-0.4, -0.2) is 43.8 Å². The van der Waals surface area contributed by atoms with Crippen LogP contribution in [0, 0.1) is 5.82 Å². The van der Waals surface area contributed by atoms with Crippen LogP contribution in [0.4, 0.5) is 4.39 Å². The molecule has 1 atom stereocenters. The standard InChI is InChI=1S/C23H24ClFN4OS/c1-16(22(30)17-5-7-18(24)8-6-17)31-23-27-26-21(15-28-13-3-2-4-14-28)29(23)20-11-9-19(25)10-12-20/h5-12,16H,2-4,13-15H2,1H3/t16-/m0/s1. The van der Waals surface area contributed by atoms with E-state index in [4.69, 9.17) is 11.6 Å². The van der Waals surface area contributed by atoms with Gasteiger partial charge in [0.1, 0.15) is 5.82 Å². The molecular formula is C23H24ClFN4OS. The van der Waals surface area contributed by atoms with Crippen LogP contribution in [-0.2, 0) is 6.54 Å². The van der Waals surface area contributed by atoms with Crippen molar-refractivity contribution in [3.63, 3.8) is 0 Å². The number of carbonyl (C=O) groups is 1. The molecule has 0 unspecified atom stereocenters. The van der Waals surface area contributed by atoms with E-state index >= 15 is 0 Å². The zero-order chi connectivity index (χ0) is 21.8. The Labute approximate surface area is 190 Å². The summed E-state index contributed by atoms with van der Waals surface area (Å²) in [5.41, 5.74) is 1.39. The molecule has 0 N–H and O–H groups in total. The van der Waals surface area contributed by atoms with Gasteiger partial charge in [0, 0.05) is 16.3 Å². The molecule has 31 heavy (non-hydrogen) atoms. The van der Waals surface area contributed by atoms with Gasteiger partial charge in [0.2, 0.25) is 0 Å².